The fourth-order valence-corrected chi connectivity index (χ4v) is 0.864. The van der Waals surface area contributed by atoms with Gasteiger partial charge in [0.25, 0.3) is 0 Å². The zero-order valence-electron chi connectivity index (χ0n) is 5.53. The van der Waals surface area contributed by atoms with Crippen molar-refractivity contribution in [2.75, 3.05) is 20.3 Å². The van der Waals surface area contributed by atoms with E-state index in [4.69, 9.17) is 4.74 Å². The molecule has 1 aliphatic heterocycles. The molecule has 1 atom stereocenters. The van der Waals surface area contributed by atoms with Gasteiger partial charge in [-0.2, -0.15) is 0 Å². The highest BCUT2D eigenvalue weighted by Crippen LogP contribution is 2.15. The van der Waals surface area contributed by atoms with Crippen LogP contribution in [0.2, 0.25) is 0 Å². The van der Waals surface area contributed by atoms with Crippen molar-refractivity contribution in [2.45, 2.75) is 18.9 Å². The van der Waals surface area contributed by atoms with Crippen LogP contribution in [0.3, 0.4) is 0 Å². The Kier molecular flexibility index (Phi) is 1.54. The minimum Gasteiger partial charge on any atom is -0.379 e. The molecule has 0 amide bonds. The summed E-state index contributed by atoms with van der Waals surface area (Å²) in [6.07, 6.45) is 1.14. The number of likely N-dealkylation sites (N-methyl/N-ethyl adjacent to an activating group) is 1. The van der Waals surface area contributed by atoms with Crippen LogP contribution in [0, 0.1) is 0 Å². The maximum Gasteiger partial charge on any atom is 0.0646 e. The molecule has 0 bridgehead atoms. The predicted molar refractivity (Wildman–Crippen MR) is 32.9 cm³/mol. The van der Waals surface area contributed by atoms with Crippen molar-refractivity contribution in [3.63, 3.8) is 0 Å². The molecule has 1 saturated heterocycles. The first kappa shape index (κ1) is 6.05. The second-order valence-corrected chi connectivity index (χ2v) is 2.61. The van der Waals surface area contributed by atoms with E-state index in [1.165, 1.54) is 0 Å². The van der Waals surface area contributed by atoms with Crippen molar-refractivity contribution in [3.05, 3.63) is 0 Å². The lowest BCUT2D eigenvalue weighted by Gasteiger charge is -2.19. The van der Waals surface area contributed by atoms with E-state index in [9.17, 15) is 0 Å². The third-order valence-electron chi connectivity index (χ3n) is 1.82. The first-order valence-corrected chi connectivity index (χ1v) is 3.03. The lowest BCUT2D eigenvalue weighted by atomic mass is 10.0. The van der Waals surface area contributed by atoms with E-state index >= 15 is 0 Å². The van der Waals surface area contributed by atoms with Gasteiger partial charge in [0, 0.05) is 12.1 Å². The van der Waals surface area contributed by atoms with E-state index in [0.29, 0.717) is 0 Å². The third kappa shape index (κ3) is 1.01. The molecule has 1 fully saturated rings. The summed E-state index contributed by atoms with van der Waals surface area (Å²) in [5.74, 6) is 0. The number of ether oxygens (including phenoxy) is 1. The highest BCUT2D eigenvalue weighted by molar-refractivity contribution is 4.84. The van der Waals surface area contributed by atoms with Crippen molar-refractivity contribution in [3.8, 4) is 0 Å². The molecule has 0 saturated carbocycles. The zero-order chi connectivity index (χ0) is 6.04. The van der Waals surface area contributed by atoms with Crippen LogP contribution < -0.4 is 5.32 Å². The van der Waals surface area contributed by atoms with Crippen LogP contribution in [0.5, 0.6) is 0 Å². The number of hydrogen-bond donors (Lipinski definition) is 1. The molecule has 0 unspecified atom stereocenters. The molecule has 0 spiro atoms. The van der Waals surface area contributed by atoms with Crippen LogP contribution in [-0.4, -0.2) is 25.8 Å². The van der Waals surface area contributed by atoms with Crippen LogP contribution in [-0.2, 0) is 4.74 Å². The summed E-state index contributed by atoms with van der Waals surface area (Å²) in [5, 5.41) is 3.22. The van der Waals surface area contributed by atoms with Crippen LogP contribution >= 0.6 is 0 Å². The monoisotopic (exact) mass is 115 g/mol. The third-order valence-corrected chi connectivity index (χ3v) is 1.82. The van der Waals surface area contributed by atoms with E-state index in [1.54, 1.807) is 0 Å². The van der Waals surface area contributed by atoms with Gasteiger partial charge < -0.3 is 10.1 Å². The summed E-state index contributed by atoms with van der Waals surface area (Å²) in [6.45, 7) is 3.96. The Morgan fingerprint density at radius 3 is 2.62 bits per heavy atom. The summed E-state index contributed by atoms with van der Waals surface area (Å²) in [5.41, 5.74) is 0.264. The lowest BCUT2D eigenvalue weighted by Crippen LogP contribution is -2.39. The van der Waals surface area contributed by atoms with Gasteiger partial charge in [0.1, 0.15) is 0 Å². The lowest BCUT2D eigenvalue weighted by molar-refractivity contribution is 0.174. The van der Waals surface area contributed by atoms with Gasteiger partial charge in [-0.1, -0.05) is 0 Å². The molecule has 1 rings (SSSR count). The van der Waals surface area contributed by atoms with Crippen LogP contribution in [0.4, 0.5) is 0 Å². The summed E-state index contributed by atoms with van der Waals surface area (Å²) in [6, 6.07) is 0. The minimum absolute atomic E-state index is 0.264. The fraction of sp³-hybridized carbons (Fsp3) is 1.00. The largest absolute Gasteiger partial charge is 0.379 e. The highest BCUT2D eigenvalue weighted by Gasteiger charge is 2.26. The van der Waals surface area contributed by atoms with Crippen molar-refractivity contribution in [1.29, 1.82) is 0 Å². The van der Waals surface area contributed by atoms with Gasteiger partial charge >= 0.3 is 0 Å². The van der Waals surface area contributed by atoms with E-state index in [1.807, 2.05) is 7.05 Å². The zero-order valence-corrected chi connectivity index (χ0v) is 5.53. The van der Waals surface area contributed by atoms with Crippen molar-refractivity contribution in [2.24, 2.45) is 0 Å². The molecular weight excluding hydrogens is 102 g/mol. The van der Waals surface area contributed by atoms with Gasteiger partial charge in [-0.15, -0.1) is 0 Å². The van der Waals surface area contributed by atoms with Crippen molar-refractivity contribution < 1.29 is 4.74 Å². The molecule has 0 aromatic rings. The molecule has 2 heteroatoms. The van der Waals surface area contributed by atoms with E-state index in [-0.39, 0.29) is 5.54 Å². The molecule has 0 radical (unpaired) electrons. The summed E-state index contributed by atoms with van der Waals surface area (Å²) in [7, 11) is 1.98. The second-order valence-electron chi connectivity index (χ2n) is 2.61. The standard InChI is InChI=1S/C6H13NO/c1-6(7-2)3-4-8-5-6/h7H,3-5H2,1-2H3/t6-/m0/s1. The van der Waals surface area contributed by atoms with E-state index in [2.05, 4.69) is 12.2 Å². The van der Waals surface area contributed by atoms with Crippen LogP contribution in [0.1, 0.15) is 13.3 Å². The maximum atomic E-state index is 5.19. The Hall–Kier alpha value is -0.0800. The molecule has 0 aromatic heterocycles. The van der Waals surface area contributed by atoms with Gasteiger partial charge in [-0.05, 0) is 20.4 Å². The molecule has 8 heavy (non-hydrogen) atoms. The van der Waals surface area contributed by atoms with Crippen LogP contribution in [0.25, 0.3) is 0 Å². The smallest absolute Gasteiger partial charge is 0.0646 e. The van der Waals surface area contributed by atoms with E-state index in [0.717, 1.165) is 19.6 Å². The normalized spacial score (nSPS) is 38.2. The highest BCUT2D eigenvalue weighted by atomic mass is 16.5. The molecule has 48 valence electrons. The molecule has 2 nitrogen and oxygen atoms in total. The quantitative estimate of drug-likeness (QED) is 0.533. The van der Waals surface area contributed by atoms with Crippen LogP contribution in [0.15, 0.2) is 0 Å². The average molecular weight is 115 g/mol. The summed E-state index contributed by atoms with van der Waals surface area (Å²) < 4.78 is 5.19. The summed E-state index contributed by atoms with van der Waals surface area (Å²) >= 11 is 0. The van der Waals surface area contributed by atoms with Gasteiger partial charge in [-0.3, -0.25) is 0 Å². The Bertz CT molecular complexity index is 76.6. The topological polar surface area (TPSA) is 21.3 Å². The van der Waals surface area contributed by atoms with Gasteiger partial charge in [0.15, 0.2) is 0 Å². The van der Waals surface area contributed by atoms with Crippen molar-refractivity contribution in [1.82, 2.24) is 5.32 Å². The Balaban J connectivity index is 2.40. The second kappa shape index (κ2) is 2.03. The summed E-state index contributed by atoms with van der Waals surface area (Å²) in [4.78, 5) is 0. The fourth-order valence-electron chi connectivity index (χ4n) is 0.864. The SMILES string of the molecule is CN[C@@]1(C)CCOC1. The molecule has 0 aliphatic carbocycles. The predicted octanol–water partition coefficient (Wildman–Crippen LogP) is 0.385. The Morgan fingerprint density at radius 2 is 2.38 bits per heavy atom. The molecular formula is C6H13NO. The van der Waals surface area contributed by atoms with Crippen molar-refractivity contribution >= 4 is 0 Å². The van der Waals surface area contributed by atoms with E-state index < -0.39 is 0 Å². The van der Waals surface area contributed by atoms with Gasteiger partial charge in [-0.25, -0.2) is 0 Å². The molecule has 1 aliphatic rings. The number of nitrogens with one attached hydrogen (secondary N) is 1. The molecule has 1 N–H and O–H groups in total. The van der Waals surface area contributed by atoms with Gasteiger partial charge in [0.2, 0.25) is 0 Å². The molecule has 1 heterocycles. The average Bonchev–Trinajstić information content (AvgIpc) is 2.17. The minimum atomic E-state index is 0.264. The maximum absolute atomic E-state index is 5.19. The van der Waals surface area contributed by atoms with Gasteiger partial charge in [0.05, 0.1) is 6.61 Å². The Morgan fingerprint density at radius 1 is 1.62 bits per heavy atom. The number of hydrogen-bond acceptors (Lipinski definition) is 2. The first-order chi connectivity index (χ1) is 3.77. The first-order valence-electron chi connectivity index (χ1n) is 3.03. The Labute approximate surface area is 50.2 Å². The number of rotatable bonds is 1. The molecule has 0 aromatic carbocycles.